The Bertz CT molecular complexity index is 1250. The molecule has 0 radical (unpaired) electrons. The molecule has 0 aliphatic carbocycles. The van der Waals surface area contributed by atoms with E-state index in [4.69, 9.17) is 0 Å². The summed E-state index contributed by atoms with van der Waals surface area (Å²) in [7, 11) is 1.77. The third kappa shape index (κ3) is 2.53. The van der Waals surface area contributed by atoms with Gasteiger partial charge in [-0.1, -0.05) is 18.6 Å². The van der Waals surface area contributed by atoms with Crippen LogP contribution in [0.1, 0.15) is 41.2 Å². The monoisotopic (exact) mass is 393 g/mol. The van der Waals surface area contributed by atoms with Crippen LogP contribution in [-0.2, 0) is 20.0 Å². The molecule has 1 atom stereocenters. The number of hydrogen-bond donors (Lipinski definition) is 0. The predicted molar refractivity (Wildman–Crippen MR) is 112 cm³/mol. The SMILES string of the molecule is CCC1c2ccsc2CCN1Cc1nnc2n(C)c(=O)c3cc(C)ccc3n12. The Kier molecular flexibility index (Phi) is 4.10. The largest absolute Gasteiger partial charge is 0.288 e. The topological polar surface area (TPSA) is 55.4 Å². The van der Waals surface area contributed by atoms with Gasteiger partial charge in [0.25, 0.3) is 5.56 Å². The summed E-state index contributed by atoms with van der Waals surface area (Å²) in [5.74, 6) is 1.48. The van der Waals surface area contributed by atoms with E-state index < -0.39 is 0 Å². The van der Waals surface area contributed by atoms with E-state index in [1.807, 2.05) is 40.9 Å². The average molecular weight is 394 g/mol. The van der Waals surface area contributed by atoms with Gasteiger partial charge in [0, 0.05) is 24.5 Å². The van der Waals surface area contributed by atoms with Crippen molar-refractivity contribution in [1.29, 1.82) is 0 Å². The molecule has 0 bridgehead atoms. The first kappa shape index (κ1) is 17.6. The highest BCUT2D eigenvalue weighted by atomic mass is 32.1. The summed E-state index contributed by atoms with van der Waals surface area (Å²) in [6, 6.07) is 8.68. The molecule has 6 nitrogen and oxygen atoms in total. The minimum absolute atomic E-state index is 0.0301. The quantitative estimate of drug-likeness (QED) is 0.535. The van der Waals surface area contributed by atoms with E-state index in [1.165, 1.54) is 10.4 Å². The lowest BCUT2D eigenvalue weighted by Gasteiger charge is -2.34. The van der Waals surface area contributed by atoms with Crippen LogP contribution >= 0.6 is 11.3 Å². The van der Waals surface area contributed by atoms with Crippen molar-refractivity contribution in [3.63, 3.8) is 0 Å². The highest BCUT2D eigenvalue weighted by Crippen LogP contribution is 2.36. The molecule has 0 spiro atoms. The number of benzene rings is 1. The highest BCUT2D eigenvalue weighted by molar-refractivity contribution is 7.10. The average Bonchev–Trinajstić information content (AvgIpc) is 3.33. The van der Waals surface area contributed by atoms with Crippen molar-refractivity contribution in [3.05, 3.63) is 61.8 Å². The van der Waals surface area contributed by atoms with Crippen molar-refractivity contribution >= 4 is 28.0 Å². The summed E-state index contributed by atoms with van der Waals surface area (Å²) >= 11 is 1.87. The Hall–Kier alpha value is -2.51. The lowest BCUT2D eigenvalue weighted by Crippen LogP contribution is -2.34. The zero-order valence-electron chi connectivity index (χ0n) is 16.3. The fourth-order valence-corrected chi connectivity index (χ4v) is 5.39. The van der Waals surface area contributed by atoms with Gasteiger partial charge in [0.2, 0.25) is 5.78 Å². The molecule has 1 aromatic carbocycles. The molecule has 0 amide bonds. The number of fused-ring (bicyclic) bond motifs is 4. The Morgan fingerprint density at radius 2 is 2.11 bits per heavy atom. The van der Waals surface area contributed by atoms with E-state index in [0.29, 0.717) is 17.2 Å². The Morgan fingerprint density at radius 3 is 2.93 bits per heavy atom. The van der Waals surface area contributed by atoms with E-state index in [0.717, 1.165) is 42.8 Å². The molecule has 0 saturated carbocycles. The van der Waals surface area contributed by atoms with Gasteiger partial charge >= 0.3 is 0 Å². The fraction of sp³-hybridized carbons (Fsp3) is 0.381. The van der Waals surface area contributed by atoms with Gasteiger partial charge in [-0.25, -0.2) is 0 Å². The standard InChI is InChI=1S/C21H23N5OS/c1-4-16-14-8-10-28-18(14)7-9-25(16)12-19-22-23-21-24(3)20(27)15-11-13(2)5-6-17(15)26(19)21/h5-6,8,10-11,16H,4,7,9,12H2,1-3H3. The molecule has 7 heteroatoms. The molecule has 0 saturated heterocycles. The first-order chi connectivity index (χ1) is 13.6. The maximum Gasteiger partial charge on any atom is 0.262 e. The predicted octanol–water partition coefficient (Wildman–Crippen LogP) is 3.46. The smallest absolute Gasteiger partial charge is 0.262 e. The Labute approximate surface area is 167 Å². The van der Waals surface area contributed by atoms with Gasteiger partial charge in [-0.2, -0.15) is 0 Å². The first-order valence-corrected chi connectivity index (χ1v) is 10.6. The number of aryl methyl sites for hydroxylation is 2. The molecule has 144 valence electrons. The second kappa shape index (κ2) is 6.53. The van der Waals surface area contributed by atoms with Crippen LogP contribution in [0.3, 0.4) is 0 Å². The van der Waals surface area contributed by atoms with Crippen LogP contribution in [0.5, 0.6) is 0 Å². The molecule has 1 unspecified atom stereocenters. The third-order valence-corrected chi connectivity index (χ3v) is 6.87. The zero-order valence-corrected chi connectivity index (χ0v) is 17.2. The minimum atomic E-state index is -0.0301. The van der Waals surface area contributed by atoms with Crippen LogP contribution in [0.2, 0.25) is 0 Å². The van der Waals surface area contributed by atoms with Gasteiger partial charge in [0.05, 0.1) is 17.4 Å². The zero-order chi connectivity index (χ0) is 19.4. The summed E-state index contributed by atoms with van der Waals surface area (Å²) in [6.45, 7) is 5.99. The maximum atomic E-state index is 12.8. The lowest BCUT2D eigenvalue weighted by molar-refractivity contribution is 0.168. The molecule has 3 aromatic heterocycles. The molecule has 1 aliphatic rings. The lowest BCUT2D eigenvalue weighted by atomic mass is 9.98. The molecule has 0 N–H and O–H groups in total. The van der Waals surface area contributed by atoms with Crippen LogP contribution < -0.4 is 5.56 Å². The van der Waals surface area contributed by atoms with Gasteiger partial charge in [-0.05, 0) is 48.9 Å². The number of thiophene rings is 1. The van der Waals surface area contributed by atoms with Crippen LogP contribution in [0.4, 0.5) is 0 Å². The highest BCUT2D eigenvalue weighted by Gasteiger charge is 2.28. The maximum absolute atomic E-state index is 12.8. The molecule has 5 rings (SSSR count). The van der Waals surface area contributed by atoms with Crippen molar-refractivity contribution in [3.8, 4) is 0 Å². The van der Waals surface area contributed by atoms with E-state index in [9.17, 15) is 4.79 Å². The van der Waals surface area contributed by atoms with Gasteiger partial charge in [0.1, 0.15) is 0 Å². The molecule has 1 aliphatic heterocycles. The van der Waals surface area contributed by atoms with Crippen molar-refractivity contribution in [2.24, 2.45) is 7.05 Å². The Morgan fingerprint density at radius 1 is 1.25 bits per heavy atom. The van der Waals surface area contributed by atoms with E-state index >= 15 is 0 Å². The van der Waals surface area contributed by atoms with E-state index in [2.05, 4.69) is 33.5 Å². The van der Waals surface area contributed by atoms with Crippen molar-refractivity contribution in [2.45, 2.75) is 39.3 Å². The molecule has 4 heterocycles. The molecular formula is C21H23N5OS. The first-order valence-electron chi connectivity index (χ1n) is 9.72. The normalized spacial score (nSPS) is 17.5. The van der Waals surface area contributed by atoms with Crippen molar-refractivity contribution < 1.29 is 0 Å². The van der Waals surface area contributed by atoms with Gasteiger partial charge in [0.15, 0.2) is 5.82 Å². The van der Waals surface area contributed by atoms with Gasteiger partial charge in [-0.15, -0.1) is 21.5 Å². The number of nitrogens with zero attached hydrogens (tertiary/aromatic N) is 5. The van der Waals surface area contributed by atoms with Crippen LogP contribution in [0.25, 0.3) is 16.7 Å². The fourth-order valence-electron chi connectivity index (χ4n) is 4.46. The van der Waals surface area contributed by atoms with Crippen LogP contribution in [-0.4, -0.2) is 30.6 Å². The molecule has 28 heavy (non-hydrogen) atoms. The van der Waals surface area contributed by atoms with Gasteiger partial charge < -0.3 is 0 Å². The summed E-state index contributed by atoms with van der Waals surface area (Å²) < 4.78 is 3.65. The van der Waals surface area contributed by atoms with E-state index in [-0.39, 0.29) is 5.56 Å². The Balaban J connectivity index is 1.64. The minimum Gasteiger partial charge on any atom is -0.288 e. The number of hydrogen-bond acceptors (Lipinski definition) is 5. The van der Waals surface area contributed by atoms with Crippen LogP contribution in [0.15, 0.2) is 34.4 Å². The molecule has 4 aromatic rings. The van der Waals surface area contributed by atoms with Crippen molar-refractivity contribution in [1.82, 2.24) is 24.1 Å². The summed E-state index contributed by atoms with van der Waals surface area (Å²) in [6.07, 6.45) is 2.15. The summed E-state index contributed by atoms with van der Waals surface area (Å²) in [5.41, 5.74) is 3.38. The second-order valence-corrected chi connectivity index (χ2v) is 8.58. The third-order valence-electron chi connectivity index (χ3n) is 5.88. The van der Waals surface area contributed by atoms with E-state index in [1.54, 1.807) is 11.6 Å². The van der Waals surface area contributed by atoms with Gasteiger partial charge in [-0.3, -0.25) is 18.7 Å². The number of aromatic nitrogens is 4. The molecule has 0 fully saturated rings. The number of rotatable bonds is 3. The summed E-state index contributed by atoms with van der Waals surface area (Å²) in [4.78, 5) is 16.8. The van der Waals surface area contributed by atoms with Crippen LogP contribution in [0, 0.1) is 6.92 Å². The molecular weight excluding hydrogens is 370 g/mol. The second-order valence-electron chi connectivity index (χ2n) is 7.58. The van der Waals surface area contributed by atoms with Crippen molar-refractivity contribution in [2.75, 3.05) is 6.54 Å². The summed E-state index contributed by atoms with van der Waals surface area (Å²) in [5, 5.41) is 11.8.